The normalized spacial score (nSPS) is 24.5. The Balaban J connectivity index is 1.51. The Morgan fingerprint density at radius 2 is 2.16 bits per heavy atom. The fraction of sp³-hybridized carbons (Fsp3) is 0.667. The first-order chi connectivity index (χ1) is 12.1. The minimum Gasteiger partial charge on any atom is -0.381 e. The molecule has 5 nitrogen and oxygen atoms in total. The molecule has 0 unspecified atom stereocenters. The van der Waals surface area contributed by atoms with Crippen molar-refractivity contribution in [3.8, 4) is 0 Å². The monoisotopic (exact) mass is 380 g/mol. The Labute approximate surface area is 159 Å². The number of hydrogen-bond acceptors (Lipinski definition) is 6. The molecular weight excluding hydrogens is 352 g/mol. The Kier molecular flexibility index (Phi) is 6.76. The van der Waals surface area contributed by atoms with Gasteiger partial charge in [-0.05, 0) is 31.4 Å². The molecule has 0 spiro atoms. The van der Waals surface area contributed by atoms with Crippen molar-refractivity contribution in [2.45, 2.75) is 30.6 Å². The van der Waals surface area contributed by atoms with E-state index in [9.17, 15) is 4.79 Å². The fourth-order valence-corrected chi connectivity index (χ4v) is 5.90. The highest BCUT2D eigenvalue weighted by Gasteiger charge is 2.28. The number of anilines is 2. The van der Waals surface area contributed by atoms with E-state index in [-0.39, 0.29) is 5.25 Å². The molecule has 0 aromatic carbocycles. The maximum Gasteiger partial charge on any atom is 0.236 e. The Hall–Kier alpha value is -1.08. The van der Waals surface area contributed by atoms with Crippen LogP contribution in [-0.4, -0.2) is 71.5 Å². The first-order valence-electron chi connectivity index (χ1n) is 9.01. The highest BCUT2D eigenvalue weighted by atomic mass is 32.2. The van der Waals surface area contributed by atoms with Crippen LogP contribution < -0.4 is 10.2 Å². The third-order valence-electron chi connectivity index (χ3n) is 4.71. The summed E-state index contributed by atoms with van der Waals surface area (Å²) in [5, 5.41) is 3.77. The lowest BCUT2D eigenvalue weighted by Gasteiger charge is -2.28. The van der Waals surface area contributed by atoms with Gasteiger partial charge in [0, 0.05) is 50.5 Å². The number of thioether (sulfide) groups is 2. The second-order valence-electron chi connectivity index (χ2n) is 6.83. The lowest BCUT2D eigenvalue weighted by molar-refractivity contribution is -0.130. The van der Waals surface area contributed by atoms with Gasteiger partial charge in [0.15, 0.2) is 0 Å². The van der Waals surface area contributed by atoms with Gasteiger partial charge in [-0.25, -0.2) is 4.98 Å². The number of pyridine rings is 1. The van der Waals surface area contributed by atoms with E-state index in [1.807, 2.05) is 54.8 Å². The van der Waals surface area contributed by atoms with Gasteiger partial charge < -0.3 is 15.1 Å². The van der Waals surface area contributed by atoms with Crippen molar-refractivity contribution < 1.29 is 4.79 Å². The second-order valence-corrected chi connectivity index (χ2v) is 9.29. The molecule has 138 valence electrons. The van der Waals surface area contributed by atoms with Crippen molar-refractivity contribution >= 4 is 40.9 Å². The standard InChI is InChI=1S/C18H28N4OS2/c1-21(2)17-6-5-15(12-19-17)20-14-4-3-8-22(9-7-14)18(23)16-13-24-10-11-25-16/h5-6,12,14,16,20H,3-4,7-11,13H2,1-2H3/t14-,16-/m0/s1. The third-order valence-corrected chi connectivity index (χ3v) is 7.45. The number of carbonyl (C=O) groups is 1. The summed E-state index contributed by atoms with van der Waals surface area (Å²) in [6, 6.07) is 4.54. The van der Waals surface area contributed by atoms with Gasteiger partial charge in [0.25, 0.3) is 0 Å². The minimum absolute atomic E-state index is 0.172. The quantitative estimate of drug-likeness (QED) is 0.867. The maximum absolute atomic E-state index is 12.7. The molecule has 2 fully saturated rings. The molecule has 2 atom stereocenters. The van der Waals surface area contributed by atoms with Crippen LogP contribution in [0.15, 0.2) is 18.3 Å². The largest absolute Gasteiger partial charge is 0.381 e. The van der Waals surface area contributed by atoms with Gasteiger partial charge in [0.1, 0.15) is 5.82 Å². The number of amides is 1. The van der Waals surface area contributed by atoms with E-state index in [1.54, 1.807) is 0 Å². The predicted molar refractivity (Wildman–Crippen MR) is 110 cm³/mol. The first-order valence-corrected chi connectivity index (χ1v) is 11.2. The highest BCUT2D eigenvalue weighted by molar-refractivity contribution is 8.07. The van der Waals surface area contributed by atoms with Gasteiger partial charge in [-0.2, -0.15) is 11.8 Å². The molecule has 0 radical (unpaired) electrons. The van der Waals surface area contributed by atoms with Crippen molar-refractivity contribution in [3.05, 3.63) is 18.3 Å². The zero-order valence-electron chi connectivity index (χ0n) is 15.1. The number of hydrogen-bond donors (Lipinski definition) is 1. The molecule has 1 amide bonds. The van der Waals surface area contributed by atoms with Crippen molar-refractivity contribution in [3.63, 3.8) is 0 Å². The summed E-state index contributed by atoms with van der Waals surface area (Å²) in [6.07, 6.45) is 5.08. The van der Waals surface area contributed by atoms with Gasteiger partial charge in [-0.3, -0.25) is 4.79 Å². The SMILES string of the molecule is CN(C)c1ccc(N[C@H]2CCCN(C(=O)[C@@H]3CSCCS3)CC2)cn1. The highest BCUT2D eigenvalue weighted by Crippen LogP contribution is 2.27. The fourth-order valence-electron chi connectivity index (χ4n) is 3.27. The second kappa shape index (κ2) is 9.03. The molecule has 0 saturated carbocycles. The van der Waals surface area contributed by atoms with Crippen LogP contribution in [0.5, 0.6) is 0 Å². The van der Waals surface area contributed by atoms with Crippen LogP contribution >= 0.6 is 23.5 Å². The number of nitrogens with zero attached hydrogens (tertiary/aromatic N) is 3. The minimum atomic E-state index is 0.172. The lowest BCUT2D eigenvalue weighted by atomic mass is 10.1. The smallest absolute Gasteiger partial charge is 0.236 e. The molecule has 25 heavy (non-hydrogen) atoms. The lowest BCUT2D eigenvalue weighted by Crippen LogP contribution is -2.41. The van der Waals surface area contributed by atoms with Crippen LogP contribution in [0.25, 0.3) is 0 Å². The van der Waals surface area contributed by atoms with E-state index in [2.05, 4.69) is 21.3 Å². The summed E-state index contributed by atoms with van der Waals surface area (Å²) in [7, 11) is 3.99. The molecule has 3 heterocycles. The van der Waals surface area contributed by atoms with E-state index >= 15 is 0 Å². The average Bonchev–Trinajstić information content (AvgIpc) is 2.88. The van der Waals surface area contributed by atoms with Crippen molar-refractivity contribution in [1.29, 1.82) is 0 Å². The van der Waals surface area contributed by atoms with Gasteiger partial charge in [-0.15, -0.1) is 11.8 Å². The predicted octanol–water partition coefficient (Wildman–Crippen LogP) is 2.79. The molecule has 2 saturated heterocycles. The number of likely N-dealkylation sites (tertiary alicyclic amines) is 1. The summed E-state index contributed by atoms with van der Waals surface area (Å²) in [6.45, 7) is 1.76. The van der Waals surface area contributed by atoms with Gasteiger partial charge in [0.05, 0.1) is 17.1 Å². The van der Waals surface area contributed by atoms with E-state index in [0.717, 1.165) is 55.4 Å². The molecule has 3 rings (SSSR count). The average molecular weight is 381 g/mol. The van der Waals surface area contributed by atoms with Crippen LogP contribution in [-0.2, 0) is 4.79 Å². The zero-order valence-corrected chi connectivity index (χ0v) is 16.7. The number of rotatable bonds is 4. The molecule has 2 aliphatic rings. The molecule has 2 aliphatic heterocycles. The Morgan fingerprint density at radius 1 is 1.28 bits per heavy atom. The molecule has 0 aliphatic carbocycles. The first kappa shape index (κ1) is 18.7. The van der Waals surface area contributed by atoms with E-state index < -0.39 is 0 Å². The summed E-state index contributed by atoms with van der Waals surface area (Å²) >= 11 is 3.75. The molecule has 0 bridgehead atoms. The van der Waals surface area contributed by atoms with E-state index in [1.165, 1.54) is 5.75 Å². The van der Waals surface area contributed by atoms with Gasteiger partial charge in [0.2, 0.25) is 5.91 Å². The Bertz CT molecular complexity index is 561. The molecular formula is C18H28N4OS2. The molecule has 7 heteroatoms. The number of nitrogens with one attached hydrogen (secondary N) is 1. The van der Waals surface area contributed by atoms with Crippen LogP contribution in [0, 0.1) is 0 Å². The van der Waals surface area contributed by atoms with Crippen molar-refractivity contribution in [2.75, 3.05) is 54.7 Å². The van der Waals surface area contributed by atoms with E-state index in [4.69, 9.17) is 0 Å². The topological polar surface area (TPSA) is 48.5 Å². The number of aromatic nitrogens is 1. The summed E-state index contributed by atoms with van der Waals surface area (Å²) in [5.74, 6) is 4.59. The molecule has 1 N–H and O–H groups in total. The summed E-state index contributed by atoms with van der Waals surface area (Å²) in [4.78, 5) is 21.3. The Morgan fingerprint density at radius 3 is 2.84 bits per heavy atom. The van der Waals surface area contributed by atoms with Crippen LogP contribution in [0.3, 0.4) is 0 Å². The molecule has 1 aromatic rings. The van der Waals surface area contributed by atoms with Gasteiger partial charge >= 0.3 is 0 Å². The van der Waals surface area contributed by atoms with Crippen LogP contribution in [0.1, 0.15) is 19.3 Å². The third kappa shape index (κ3) is 5.20. The number of carbonyl (C=O) groups excluding carboxylic acids is 1. The van der Waals surface area contributed by atoms with Crippen LogP contribution in [0.4, 0.5) is 11.5 Å². The van der Waals surface area contributed by atoms with E-state index in [0.29, 0.717) is 11.9 Å². The summed E-state index contributed by atoms with van der Waals surface area (Å²) in [5.41, 5.74) is 1.06. The van der Waals surface area contributed by atoms with Gasteiger partial charge in [-0.1, -0.05) is 0 Å². The molecule has 1 aromatic heterocycles. The zero-order chi connectivity index (χ0) is 17.6. The van der Waals surface area contributed by atoms with Crippen molar-refractivity contribution in [2.24, 2.45) is 0 Å². The van der Waals surface area contributed by atoms with Crippen molar-refractivity contribution in [1.82, 2.24) is 9.88 Å². The van der Waals surface area contributed by atoms with Crippen LogP contribution in [0.2, 0.25) is 0 Å². The maximum atomic E-state index is 12.7. The summed E-state index contributed by atoms with van der Waals surface area (Å²) < 4.78 is 0.